The predicted molar refractivity (Wildman–Crippen MR) is 472 cm³/mol. The number of nitrogens with zero attached hydrogens (tertiary/aromatic N) is 10. The molecule has 10 aliphatic rings. The van der Waals surface area contributed by atoms with Crippen molar-refractivity contribution in [2.24, 2.45) is 20.0 Å². The highest BCUT2D eigenvalue weighted by Gasteiger charge is 2.34. The molecule has 2 fully saturated rings. The number of likely N-dealkylation sites (tertiary alicyclic amines) is 1. The molecule has 2 atom stereocenters. The number of nitrogens with one attached hydrogen (secondary N) is 10. The van der Waals surface area contributed by atoms with E-state index in [0.717, 1.165) is 170 Å². The first-order chi connectivity index (χ1) is 59.9. The Morgan fingerprint density at radius 3 is 1.33 bits per heavy atom. The van der Waals surface area contributed by atoms with Crippen molar-refractivity contribution in [2.75, 3.05) is 74.8 Å². The summed E-state index contributed by atoms with van der Waals surface area (Å²) < 4.78 is 17.7. The summed E-state index contributed by atoms with van der Waals surface area (Å²) in [6.07, 6.45) is 38.6. The summed E-state index contributed by atoms with van der Waals surface area (Å²) in [7, 11) is 2.97. The van der Waals surface area contributed by atoms with Crippen LogP contribution in [0.25, 0.3) is 36.9 Å². The van der Waals surface area contributed by atoms with Crippen molar-refractivity contribution in [3.8, 4) is 12.3 Å². The van der Waals surface area contributed by atoms with Gasteiger partial charge in [-0.15, -0.1) is 20.7 Å². The highest BCUT2D eigenvalue weighted by Crippen LogP contribution is 2.41. The van der Waals surface area contributed by atoms with Crippen LogP contribution in [0.1, 0.15) is 229 Å². The summed E-state index contributed by atoms with van der Waals surface area (Å²) in [5, 5.41) is 18.4. The first-order valence-corrected chi connectivity index (χ1v) is 42.0. The molecule has 0 saturated carbocycles. The Hall–Kier alpha value is -13.8. The number of carbonyl (C=O) groups is 7. The molecule has 0 bridgehead atoms. The standard InChI is InChI=1S/C24H24N4O3.C23H23N7O.C23H26N6O3S.C21H23N3O4/c1-3-18-14-25-23(26-18)24(31)27-20-10-9-16(11-19(20)15-7-5-4-6-8-15)17-12-21(29)28(2)22(30)13-17;1-24-21-11-10-20(28-21)22(31)29-19-9-8-16(12-18(19)15-6-4-3-5-7-15)17-13-26-23(27-14-17)30-25-2;1-24-21-11-10-20(27-21)22(30)28-19-9-8-16(12-18(19)15-6-4-3-5-7-15)17-13-25-23(26-14-17)29-33-32-31-2;1-13-10-22-19(23-13)20(25)24-18-8-7-15(16-11-27-21(26)28-12-16)9-17(18)14-5-3-2-4-6-14/h1,7,9-11,14,17H,4-6,8,12-13H2,2H3,(H,25,26)(H,27,31);6,8-9,11-12,17H,3-5,7,10,13-14H2,(H,29,31)(H2,26,27,30);6,8-9,11-12,17H,3-5,7,10,13-14H2,2H3,(H,28,30)(H2,25,26,29);5,7-10,16H,2-4,6,11-12H2,1H3,(H,22,23)(H,24,25). The van der Waals surface area contributed by atoms with Crippen molar-refractivity contribution in [2.45, 2.75) is 159 Å². The van der Waals surface area contributed by atoms with E-state index >= 15 is 0 Å². The number of H-pyrrole nitrogens is 2. The van der Waals surface area contributed by atoms with Crippen LogP contribution >= 0.6 is 12.2 Å². The minimum absolute atomic E-state index is 0.0156. The summed E-state index contributed by atoms with van der Waals surface area (Å²) >= 11 is 0.955. The van der Waals surface area contributed by atoms with Crippen molar-refractivity contribution < 1.29 is 52.3 Å². The number of anilines is 4. The number of allylic oxidation sites excluding steroid dienone is 10. The number of terminal acetylenes is 1. The zero-order valence-corrected chi connectivity index (χ0v) is 69.5. The molecular weight excluding hydrogens is 1580 g/mol. The van der Waals surface area contributed by atoms with Crippen LogP contribution in [0.3, 0.4) is 0 Å². The Bertz CT molecular complexity index is 5550. The van der Waals surface area contributed by atoms with Crippen LogP contribution in [-0.4, -0.2) is 143 Å². The van der Waals surface area contributed by atoms with E-state index in [1.165, 1.54) is 66.8 Å². The summed E-state index contributed by atoms with van der Waals surface area (Å²) in [5.41, 5.74) is 20.7. The molecule has 2 aromatic heterocycles. The van der Waals surface area contributed by atoms with E-state index in [1.807, 2.05) is 61.5 Å². The first kappa shape index (κ1) is 87.0. The van der Waals surface area contributed by atoms with Crippen LogP contribution in [0.5, 0.6) is 0 Å². The van der Waals surface area contributed by atoms with E-state index < -0.39 is 6.16 Å². The molecule has 32 heteroatoms. The van der Waals surface area contributed by atoms with Gasteiger partial charge in [-0.3, -0.25) is 43.4 Å². The van der Waals surface area contributed by atoms with Crippen molar-refractivity contribution in [3.63, 3.8) is 0 Å². The lowest BCUT2D eigenvalue weighted by Gasteiger charge is -2.28. The molecule has 6 aliphatic heterocycles. The van der Waals surface area contributed by atoms with E-state index in [9.17, 15) is 33.6 Å². The number of aliphatic imine (C=N–C) groups is 4. The molecule has 4 aromatic carbocycles. The van der Waals surface area contributed by atoms with Crippen LogP contribution in [0.15, 0.2) is 153 Å². The molecule has 0 spiro atoms. The number of aromatic nitrogens is 4. The number of rotatable bonds is 19. The summed E-state index contributed by atoms with van der Waals surface area (Å²) in [4.78, 5) is 133. The minimum Gasteiger partial charge on any atom is -0.434 e. The van der Waals surface area contributed by atoms with Gasteiger partial charge in [-0.05, 0) is 203 Å². The van der Waals surface area contributed by atoms with Crippen molar-refractivity contribution in [1.29, 1.82) is 0 Å². The quantitative estimate of drug-likeness (QED) is 0.00414. The molecule has 16 rings (SSSR count). The van der Waals surface area contributed by atoms with E-state index in [2.05, 4.69) is 150 Å². The van der Waals surface area contributed by atoms with Crippen molar-refractivity contribution >= 4 is 122 Å². The Labute approximate surface area is 717 Å². The number of benzene rings is 4. The number of carbonyl (C=O) groups excluding carboxylic acids is 7. The average Bonchev–Trinajstić information content (AvgIpc) is 0.876. The molecule has 6 amide bonds. The normalized spacial score (nSPS) is 18.8. The molecule has 632 valence electrons. The monoisotopic (exact) mass is 1680 g/mol. The molecule has 6 aromatic rings. The Kier molecular flexibility index (Phi) is 30.0. The van der Waals surface area contributed by atoms with Crippen LogP contribution in [0, 0.1) is 39.0 Å². The number of imidazole rings is 2. The molecule has 123 heavy (non-hydrogen) atoms. The Morgan fingerprint density at radius 2 is 0.959 bits per heavy atom. The van der Waals surface area contributed by atoms with Gasteiger partial charge in [0.1, 0.15) is 18.9 Å². The van der Waals surface area contributed by atoms with Gasteiger partial charge in [-0.2, -0.15) is 11.5 Å². The number of hydrogen-bond acceptors (Lipinski definition) is 22. The van der Waals surface area contributed by atoms with E-state index in [-0.39, 0.29) is 82.4 Å². The summed E-state index contributed by atoms with van der Waals surface area (Å²) in [6, 6.07) is 24.0. The van der Waals surface area contributed by atoms with Crippen LogP contribution in [0.2, 0.25) is 0 Å². The molecule has 4 aliphatic carbocycles. The number of hydrogen-bond donors (Lipinski definition) is 10. The molecule has 2 saturated heterocycles. The number of imide groups is 1. The van der Waals surface area contributed by atoms with E-state index in [0.29, 0.717) is 93.3 Å². The second-order valence-corrected chi connectivity index (χ2v) is 31.2. The third-order valence-electron chi connectivity index (χ3n) is 22.4. The number of aryl methyl sites for hydroxylation is 1. The third kappa shape index (κ3) is 23.0. The number of ether oxygens (including phenoxy) is 2. The number of amides is 6. The fraction of sp³-hybridized carbons (Fsp3) is 0.363. The molecule has 2 unspecified atom stereocenters. The topological polar surface area (TPSA) is 376 Å². The minimum atomic E-state index is -0.621. The lowest BCUT2D eigenvalue weighted by atomic mass is 9.85. The second kappa shape index (κ2) is 42.4. The summed E-state index contributed by atoms with van der Waals surface area (Å²) in [5.74, 6) is 3.27. The molecule has 8 heterocycles. The van der Waals surface area contributed by atoms with Gasteiger partial charge in [0.05, 0.1) is 32.3 Å². The lowest BCUT2D eigenvalue weighted by Crippen LogP contribution is -2.41. The predicted octanol–water partition coefficient (Wildman–Crippen LogP) is 15.3. The van der Waals surface area contributed by atoms with Gasteiger partial charge in [-0.25, -0.2) is 24.6 Å². The zero-order chi connectivity index (χ0) is 86.1. The second-order valence-electron chi connectivity index (χ2n) is 30.7. The lowest BCUT2D eigenvalue weighted by molar-refractivity contribution is -0.160. The average molecular weight is 1680 g/mol. The fourth-order valence-electron chi connectivity index (χ4n) is 15.7. The molecule has 31 nitrogen and oxygen atoms in total. The first-order valence-electron chi connectivity index (χ1n) is 41.2. The number of guanidine groups is 2. The van der Waals surface area contributed by atoms with Gasteiger partial charge in [0.15, 0.2) is 35.3 Å². The zero-order valence-electron chi connectivity index (χ0n) is 68.7. The Morgan fingerprint density at radius 1 is 0.545 bits per heavy atom. The maximum atomic E-state index is 12.8. The van der Waals surface area contributed by atoms with Gasteiger partial charge in [0, 0.05) is 120 Å². The third-order valence-corrected chi connectivity index (χ3v) is 22.9. The molecular formula is C91H96N20O11S. The largest absolute Gasteiger partial charge is 0.508 e. The van der Waals surface area contributed by atoms with Gasteiger partial charge in [0.2, 0.25) is 17.8 Å². The maximum Gasteiger partial charge on any atom is 0.508 e. The summed E-state index contributed by atoms with van der Waals surface area (Å²) in [6.45, 7) is 26.1. The number of piperidine rings is 1. The van der Waals surface area contributed by atoms with Gasteiger partial charge < -0.3 is 61.0 Å². The Balaban J connectivity index is 0.000000141. The smallest absolute Gasteiger partial charge is 0.434 e. The van der Waals surface area contributed by atoms with Crippen molar-refractivity contribution in [3.05, 3.63) is 235 Å². The van der Waals surface area contributed by atoms with Crippen LogP contribution in [-0.2, 0) is 37.9 Å². The maximum absolute atomic E-state index is 12.8. The molecule has 0 radical (unpaired) electrons. The van der Waals surface area contributed by atoms with Gasteiger partial charge in [-0.1, -0.05) is 85.2 Å². The van der Waals surface area contributed by atoms with Gasteiger partial charge in [0.25, 0.3) is 41.2 Å². The van der Waals surface area contributed by atoms with E-state index in [4.69, 9.17) is 39.9 Å². The van der Waals surface area contributed by atoms with Gasteiger partial charge >= 0.3 is 6.16 Å². The SMILES string of the molecule is C#Cc1cnc(C(=O)Nc2ccc(C3CC(=O)N(C)C(=O)C3)cc2C2=CCCCC2)[nH]1.Cc1cnc(C(=O)Nc2ccc(C3COC(=O)OC3)cc2C2=CCCCC2)[nH]1.[C-]#[N+]C1=CCC(C(=O)Nc2ccc(C3CN=C(NSOOC)NC3)cc2C2=CCCCC2)=N1.[C-]#[N+]NC1=NCC(c2ccc(NC(=O)C3=NC([N+]#[C-])=CC3)c(C3=CCCCC3)c2)CN1. The molecule has 10 N–H and O–H groups in total. The van der Waals surface area contributed by atoms with E-state index in [1.54, 1.807) is 18.3 Å². The fourth-order valence-corrected chi connectivity index (χ4v) is 16.0. The highest BCUT2D eigenvalue weighted by molar-refractivity contribution is 7.93. The van der Waals surface area contributed by atoms with Crippen molar-refractivity contribution in [1.82, 2.24) is 45.6 Å². The number of cyclic esters (lactones) is 2. The van der Waals surface area contributed by atoms with Crippen LogP contribution < -0.4 is 42.0 Å². The number of aromatic amines is 2. The van der Waals surface area contributed by atoms with Crippen LogP contribution in [0.4, 0.5) is 27.5 Å². The highest BCUT2D eigenvalue weighted by atomic mass is 32.2.